The van der Waals surface area contributed by atoms with Crippen molar-refractivity contribution in [3.63, 3.8) is 0 Å². The normalized spacial score (nSPS) is 24.9. The number of likely N-dealkylation sites (tertiary alicyclic amines) is 1. The molecule has 1 atom stereocenters. The minimum atomic E-state index is -0.891. The Hall–Kier alpha value is -1.26. The number of carboxylic acid groups (broad SMARTS) is 1. The van der Waals surface area contributed by atoms with Crippen LogP contribution in [0.5, 0.6) is 0 Å². The molecule has 0 aromatic carbocycles. The van der Waals surface area contributed by atoms with Crippen LogP contribution in [-0.4, -0.2) is 41.1 Å². The van der Waals surface area contributed by atoms with E-state index in [9.17, 15) is 9.59 Å². The molecule has 0 aromatic rings. The van der Waals surface area contributed by atoms with Crippen molar-refractivity contribution >= 4 is 12.0 Å². The van der Waals surface area contributed by atoms with E-state index in [1.54, 1.807) is 0 Å². The summed E-state index contributed by atoms with van der Waals surface area (Å²) in [5.41, 5.74) is 0.308. The molecule has 0 unspecified atom stereocenters. The second-order valence-corrected chi connectivity index (χ2v) is 5.60. The molecule has 2 fully saturated rings. The predicted octanol–water partition coefficient (Wildman–Crippen LogP) is 1.83. The number of nitrogens with one attached hydrogen (secondary N) is 1. The fourth-order valence-electron chi connectivity index (χ4n) is 2.85. The van der Waals surface area contributed by atoms with Gasteiger partial charge in [-0.15, -0.1) is 0 Å². The van der Waals surface area contributed by atoms with Gasteiger partial charge in [0.2, 0.25) is 0 Å². The van der Waals surface area contributed by atoms with Gasteiger partial charge in [-0.25, -0.2) is 9.59 Å². The summed E-state index contributed by atoms with van der Waals surface area (Å²) in [5, 5.41) is 12.0. The van der Waals surface area contributed by atoms with Gasteiger partial charge in [-0.1, -0.05) is 13.3 Å². The third-order valence-electron chi connectivity index (χ3n) is 4.15. The van der Waals surface area contributed by atoms with Crippen LogP contribution < -0.4 is 5.32 Å². The third-order valence-corrected chi connectivity index (χ3v) is 4.15. The molecule has 2 aliphatic rings. The second-order valence-electron chi connectivity index (χ2n) is 5.60. The van der Waals surface area contributed by atoms with E-state index in [4.69, 9.17) is 5.11 Å². The van der Waals surface area contributed by atoms with E-state index in [2.05, 4.69) is 12.2 Å². The monoisotopic (exact) mass is 254 g/mol. The van der Waals surface area contributed by atoms with Crippen LogP contribution in [0.2, 0.25) is 0 Å². The van der Waals surface area contributed by atoms with Gasteiger partial charge < -0.3 is 15.3 Å². The van der Waals surface area contributed by atoms with Gasteiger partial charge in [0.25, 0.3) is 0 Å². The van der Waals surface area contributed by atoms with Crippen molar-refractivity contribution in [2.75, 3.05) is 13.1 Å². The Morgan fingerprint density at radius 1 is 1.44 bits per heavy atom. The van der Waals surface area contributed by atoms with Gasteiger partial charge in [-0.3, -0.25) is 0 Å². The van der Waals surface area contributed by atoms with Crippen LogP contribution in [0.4, 0.5) is 4.79 Å². The minimum Gasteiger partial charge on any atom is -0.480 e. The molecule has 0 spiro atoms. The lowest BCUT2D eigenvalue weighted by Gasteiger charge is -2.23. The van der Waals surface area contributed by atoms with Crippen LogP contribution in [0.3, 0.4) is 0 Å². The molecular weight excluding hydrogens is 232 g/mol. The van der Waals surface area contributed by atoms with Crippen molar-refractivity contribution in [3.05, 3.63) is 0 Å². The first-order chi connectivity index (χ1) is 8.58. The summed E-state index contributed by atoms with van der Waals surface area (Å²) in [6, 6.07) is -0.839. The number of nitrogens with zero attached hydrogens (tertiary/aromatic N) is 1. The standard InChI is InChI=1S/C13H22N2O3/c1-2-5-13(6-7-13)9-14-12(18)15-8-3-4-10(15)11(16)17/h10H,2-9H2,1H3,(H,14,18)(H,16,17)/t10-/m1/s1. The van der Waals surface area contributed by atoms with E-state index in [0.29, 0.717) is 24.9 Å². The molecule has 2 amide bonds. The maximum atomic E-state index is 12.0. The quantitative estimate of drug-likeness (QED) is 0.786. The first-order valence-electron chi connectivity index (χ1n) is 6.85. The Kier molecular flexibility index (Phi) is 3.78. The second kappa shape index (κ2) is 5.16. The van der Waals surface area contributed by atoms with Crippen LogP contribution in [-0.2, 0) is 4.79 Å². The van der Waals surface area contributed by atoms with Crippen LogP contribution in [0, 0.1) is 5.41 Å². The number of carbonyl (C=O) groups is 2. The number of carboxylic acids is 1. The van der Waals surface area contributed by atoms with Crippen LogP contribution >= 0.6 is 0 Å². The van der Waals surface area contributed by atoms with Crippen molar-refractivity contribution < 1.29 is 14.7 Å². The molecular formula is C13H22N2O3. The van der Waals surface area contributed by atoms with Crippen molar-refractivity contribution in [3.8, 4) is 0 Å². The van der Waals surface area contributed by atoms with Crippen molar-refractivity contribution in [2.45, 2.75) is 51.5 Å². The number of hydrogen-bond acceptors (Lipinski definition) is 2. The summed E-state index contributed by atoms with van der Waals surface area (Å²) < 4.78 is 0. The van der Waals surface area contributed by atoms with Gasteiger partial charge in [-0.2, -0.15) is 0 Å². The molecule has 1 saturated carbocycles. The van der Waals surface area contributed by atoms with Crippen molar-refractivity contribution in [1.82, 2.24) is 10.2 Å². The summed E-state index contributed by atoms with van der Waals surface area (Å²) in [4.78, 5) is 24.5. The molecule has 2 N–H and O–H groups in total. The molecule has 0 radical (unpaired) electrons. The average molecular weight is 254 g/mol. The van der Waals surface area contributed by atoms with E-state index < -0.39 is 12.0 Å². The van der Waals surface area contributed by atoms with Crippen LogP contribution in [0.15, 0.2) is 0 Å². The first kappa shape index (κ1) is 13.2. The summed E-state index contributed by atoms with van der Waals surface area (Å²) in [6.45, 7) is 3.41. The highest BCUT2D eigenvalue weighted by molar-refractivity contribution is 5.83. The van der Waals surface area contributed by atoms with E-state index >= 15 is 0 Å². The molecule has 18 heavy (non-hydrogen) atoms. The average Bonchev–Trinajstić information content (AvgIpc) is 2.92. The Balaban J connectivity index is 1.83. The predicted molar refractivity (Wildman–Crippen MR) is 67.3 cm³/mol. The largest absolute Gasteiger partial charge is 0.480 e. The highest BCUT2D eigenvalue weighted by Gasteiger charge is 2.42. The van der Waals surface area contributed by atoms with Crippen molar-refractivity contribution in [2.24, 2.45) is 5.41 Å². The molecule has 0 bridgehead atoms. The Morgan fingerprint density at radius 2 is 2.17 bits per heavy atom. The summed E-state index contributed by atoms with van der Waals surface area (Å²) in [6.07, 6.45) is 6.01. The minimum absolute atomic E-state index is 0.206. The maximum absolute atomic E-state index is 12.0. The lowest BCUT2D eigenvalue weighted by Crippen LogP contribution is -2.47. The van der Waals surface area contributed by atoms with Gasteiger partial charge in [0.05, 0.1) is 0 Å². The Morgan fingerprint density at radius 3 is 2.72 bits per heavy atom. The highest BCUT2D eigenvalue weighted by atomic mass is 16.4. The number of carbonyl (C=O) groups excluding carboxylic acids is 1. The topological polar surface area (TPSA) is 69.6 Å². The molecule has 102 valence electrons. The summed E-state index contributed by atoms with van der Waals surface area (Å²) in [5.74, 6) is -0.891. The van der Waals surface area contributed by atoms with Gasteiger partial charge in [0, 0.05) is 13.1 Å². The van der Waals surface area contributed by atoms with Gasteiger partial charge in [0.15, 0.2) is 0 Å². The van der Waals surface area contributed by atoms with Crippen LogP contribution in [0.1, 0.15) is 45.4 Å². The zero-order valence-electron chi connectivity index (χ0n) is 10.9. The smallest absolute Gasteiger partial charge is 0.326 e. The van der Waals surface area contributed by atoms with Gasteiger partial charge in [-0.05, 0) is 37.5 Å². The third kappa shape index (κ3) is 2.76. The number of amides is 2. The molecule has 1 saturated heterocycles. The molecule has 5 heteroatoms. The lowest BCUT2D eigenvalue weighted by atomic mass is 10.0. The maximum Gasteiger partial charge on any atom is 0.326 e. The number of hydrogen-bond donors (Lipinski definition) is 2. The Labute approximate surface area is 108 Å². The van der Waals surface area contributed by atoms with Crippen molar-refractivity contribution in [1.29, 1.82) is 0 Å². The molecule has 1 aliphatic heterocycles. The molecule has 5 nitrogen and oxygen atoms in total. The molecule has 1 heterocycles. The van der Waals surface area contributed by atoms with E-state index in [1.165, 1.54) is 17.7 Å². The van der Waals surface area contributed by atoms with E-state index in [-0.39, 0.29) is 6.03 Å². The van der Waals surface area contributed by atoms with Crippen LogP contribution in [0.25, 0.3) is 0 Å². The number of rotatable bonds is 5. The van der Waals surface area contributed by atoms with Gasteiger partial charge >= 0.3 is 12.0 Å². The SMILES string of the molecule is CCCC1(CNC(=O)N2CCC[C@@H]2C(=O)O)CC1. The highest BCUT2D eigenvalue weighted by Crippen LogP contribution is 2.48. The summed E-state index contributed by atoms with van der Waals surface area (Å²) >= 11 is 0. The number of urea groups is 1. The lowest BCUT2D eigenvalue weighted by molar-refractivity contribution is -0.141. The van der Waals surface area contributed by atoms with Gasteiger partial charge in [0.1, 0.15) is 6.04 Å². The first-order valence-corrected chi connectivity index (χ1v) is 6.85. The van der Waals surface area contributed by atoms with E-state index in [1.807, 2.05) is 0 Å². The molecule has 2 rings (SSSR count). The van der Waals surface area contributed by atoms with E-state index in [0.717, 1.165) is 19.3 Å². The zero-order chi connectivity index (χ0) is 13.2. The number of aliphatic carboxylic acids is 1. The Bertz CT molecular complexity index is 339. The zero-order valence-corrected chi connectivity index (χ0v) is 10.9. The summed E-state index contributed by atoms with van der Waals surface area (Å²) in [7, 11) is 0. The molecule has 0 aromatic heterocycles. The fourth-order valence-corrected chi connectivity index (χ4v) is 2.85. The fraction of sp³-hybridized carbons (Fsp3) is 0.846. The molecule has 1 aliphatic carbocycles.